The largest absolute Gasteiger partial charge is 0.507 e. The molecule has 0 amide bonds. The van der Waals surface area contributed by atoms with Crippen LogP contribution in [0.15, 0.2) is 64.7 Å². The molecule has 2 N–H and O–H groups in total. The van der Waals surface area contributed by atoms with Gasteiger partial charge in [-0.3, -0.25) is 14.6 Å². The van der Waals surface area contributed by atoms with Crippen molar-refractivity contribution >= 4 is 28.8 Å². The van der Waals surface area contributed by atoms with Crippen LogP contribution in [0.4, 0.5) is 0 Å². The van der Waals surface area contributed by atoms with Gasteiger partial charge in [-0.15, -0.1) is 0 Å². The topological polar surface area (TPSA) is 87.0 Å². The summed E-state index contributed by atoms with van der Waals surface area (Å²) in [5.41, 5.74) is 2.93. The van der Waals surface area contributed by atoms with Crippen LogP contribution in [0.2, 0.25) is 0 Å². The number of nitrogens with zero attached hydrogens (tertiary/aromatic N) is 1. The standard InChI is InChI=1S/C22H15NO4/c24-19-11-5-1-2-6-12(11)20(25)17(19)15-9-10-16(23-15)18-21(26)13-7-3-4-8-14(13)22(18)27/h1-8,15,24,26H,9-10H2. The van der Waals surface area contributed by atoms with Crippen molar-refractivity contribution < 1.29 is 19.8 Å². The fourth-order valence-electron chi connectivity index (χ4n) is 4.12. The van der Waals surface area contributed by atoms with Crippen LogP contribution < -0.4 is 0 Å². The van der Waals surface area contributed by atoms with E-state index in [1.807, 2.05) is 0 Å². The third kappa shape index (κ3) is 2.08. The second-order valence-corrected chi connectivity index (χ2v) is 6.87. The van der Waals surface area contributed by atoms with Gasteiger partial charge in [0.1, 0.15) is 11.5 Å². The van der Waals surface area contributed by atoms with E-state index < -0.39 is 6.04 Å². The number of hydrogen-bond acceptors (Lipinski definition) is 5. The second kappa shape index (κ2) is 5.51. The van der Waals surface area contributed by atoms with Crippen molar-refractivity contribution in [3.05, 3.63) is 81.9 Å². The zero-order valence-corrected chi connectivity index (χ0v) is 14.3. The zero-order chi connectivity index (χ0) is 18.7. The summed E-state index contributed by atoms with van der Waals surface area (Å²) < 4.78 is 0. The minimum atomic E-state index is -0.517. The molecule has 5 nitrogen and oxygen atoms in total. The summed E-state index contributed by atoms with van der Waals surface area (Å²) in [6.07, 6.45) is 0.971. The number of allylic oxidation sites excluding steroid dienone is 1. The van der Waals surface area contributed by atoms with E-state index in [4.69, 9.17) is 0 Å². The molecular weight excluding hydrogens is 342 g/mol. The number of benzene rings is 2. The number of carbonyl (C=O) groups is 2. The van der Waals surface area contributed by atoms with Crippen LogP contribution in [0.3, 0.4) is 0 Å². The molecule has 0 radical (unpaired) electrons. The highest BCUT2D eigenvalue weighted by Crippen LogP contribution is 2.39. The Labute approximate surface area is 155 Å². The monoisotopic (exact) mass is 357 g/mol. The van der Waals surface area contributed by atoms with Gasteiger partial charge in [-0.05, 0) is 12.8 Å². The molecule has 2 aromatic carbocycles. The Balaban J connectivity index is 1.54. The van der Waals surface area contributed by atoms with Gasteiger partial charge in [-0.2, -0.15) is 0 Å². The van der Waals surface area contributed by atoms with Gasteiger partial charge in [0.15, 0.2) is 11.6 Å². The van der Waals surface area contributed by atoms with E-state index >= 15 is 0 Å². The lowest BCUT2D eigenvalue weighted by Gasteiger charge is -2.07. The third-order valence-electron chi connectivity index (χ3n) is 5.41. The van der Waals surface area contributed by atoms with Crippen LogP contribution in [0.5, 0.6) is 0 Å². The summed E-state index contributed by atoms with van der Waals surface area (Å²) >= 11 is 0. The maximum absolute atomic E-state index is 12.7. The Hall–Kier alpha value is -3.47. The molecule has 0 spiro atoms. The smallest absolute Gasteiger partial charge is 0.199 e. The predicted molar refractivity (Wildman–Crippen MR) is 101 cm³/mol. The normalized spacial score (nSPS) is 21.0. The highest BCUT2D eigenvalue weighted by molar-refractivity contribution is 6.36. The van der Waals surface area contributed by atoms with E-state index in [-0.39, 0.29) is 34.2 Å². The molecule has 1 atom stereocenters. The summed E-state index contributed by atoms with van der Waals surface area (Å²) in [5, 5.41) is 21.0. The molecule has 0 aromatic heterocycles. The molecule has 5 heteroatoms. The summed E-state index contributed by atoms with van der Waals surface area (Å²) in [4.78, 5) is 30.0. The Bertz CT molecular complexity index is 1140. The first-order chi connectivity index (χ1) is 13.1. The van der Waals surface area contributed by atoms with Crippen molar-refractivity contribution in [3.63, 3.8) is 0 Å². The van der Waals surface area contributed by atoms with E-state index in [0.717, 1.165) is 0 Å². The average molecular weight is 357 g/mol. The van der Waals surface area contributed by atoms with Crippen LogP contribution in [-0.2, 0) is 0 Å². The second-order valence-electron chi connectivity index (χ2n) is 6.87. The number of aliphatic imine (C=N–C) groups is 1. The molecule has 132 valence electrons. The number of rotatable bonds is 2. The molecule has 2 aliphatic carbocycles. The van der Waals surface area contributed by atoms with Crippen molar-refractivity contribution in [2.75, 3.05) is 0 Å². The van der Waals surface area contributed by atoms with Gasteiger partial charge in [-0.1, -0.05) is 48.5 Å². The van der Waals surface area contributed by atoms with Crippen LogP contribution in [0.25, 0.3) is 11.5 Å². The van der Waals surface area contributed by atoms with Crippen LogP contribution in [0.1, 0.15) is 44.7 Å². The minimum Gasteiger partial charge on any atom is -0.507 e. The summed E-state index contributed by atoms with van der Waals surface area (Å²) in [7, 11) is 0. The predicted octanol–water partition coefficient (Wildman–Crippen LogP) is 3.92. The van der Waals surface area contributed by atoms with E-state index in [9.17, 15) is 19.8 Å². The lowest BCUT2D eigenvalue weighted by atomic mass is 9.99. The Morgan fingerprint density at radius 3 is 1.93 bits per heavy atom. The lowest BCUT2D eigenvalue weighted by molar-refractivity contribution is 0.102. The zero-order valence-electron chi connectivity index (χ0n) is 14.3. The van der Waals surface area contributed by atoms with Crippen molar-refractivity contribution in [1.29, 1.82) is 0 Å². The highest BCUT2D eigenvalue weighted by atomic mass is 16.3. The number of ketones is 2. The minimum absolute atomic E-state index is 0.0372. The molecule has 1 heterocycles. The van der Waals surface area contributed by atoms with Gasteiger partial charge >= 0.3 is 0 Å². The van der Waals surface area contributed by atoms with Crippen LogP contribution in [-0.4, -0.2) is 33.5 Å². The maximum Gasteiger partial charge on any atom is 0.199 e. The third-order valence-corrected chi connectivity index (χ3v) is 5.41. The molecule has 0 saturated carbocycles. The maximum atomic E-state index is 12.7. The first-order valence-electron chi connectivity index (χ1n) is 8.79. The molecule has 1 aliphatic heterocycles. The van der Waals surface area contributed by atoms with E-state index in [1.54, 1.807) is 48.5 Å². The van der Waals surface area contributed by atoms with Crippen molar-refractivity contribution in [3.8, 4) is 0 Å². The first-order valence-corrected chi connectivity index (χ1v) is 8.79. The molecule has 5 rings (SSSR count). The van der Waals surface area contributed by atoms with Gasteiger partial charge in [0.25, 0.3) is 0 Å². The quantitative estimate of drug-likeness (QED) is 0.853. The van der Waals surface area contributed by atoms with Gasteiger partial charge in [0, 0.05) is 22.3 Å². The molecule has 1 unspecified atom stereocenters. The SMILES string of the molecule is O=C1C(C2=NC(C3=C(O)c4ccccc4C3=O)CC2)=C(O)c2ccccc21. The molecule has 3 aliphatic rings. The number of aliphatic hydroxyl groups is 2. The van der Waals surface area contributed by atoms with Gasteiger partial charge in [0.2, 0.25) is 0 Å². The molecule has 0 fully saturated rings. The van der Waals surface area contributed by atoms with Crippen LogP contribution >= 0.6 is 0 Å². The van der Waals surface area contributed by atoms with Crippen molar-refractivity contribution in [2.24, 2.45) is 4.99 Å². The van der Waals surface area contributed by atoms with Crippen molar-refractivity contribution in [2.45, 2.75) is 18.9 Å². The number of fused-ring (bicyclic) bond motifs is 2. The molecule has 0 saturated heterocycles. The highest BCUT2D eigenvalue weighted by Gasteiger charge is 2.39. The van der Waals surface area contributed by atoms with Crippen molar-refractivity contribution in [1.82, 2.24) is 0 Å². The summed E-state index contributed by atoms with van der Waals surface area (Å²) in [5.74, 6) is -0.571. The molecule has 2 aromatic rings. The number of Topliss-reactive ketones (excluding diaryl/α,β-unsaturated/α-hetero) is 2. The first kappa shape index (κ1) is 15.8. The van der Waals surface area contributed by atoms with E-state index in [2.05, 4.69) is 4.99 Å². The fourth-order valence-corrected chi connectivity index (χ4v) is 4.12. The summed E-state index contributed by atoms with van der Waals surface area (Å²) in [6, 6.07) is 13.3. The fraction of sp³-hybridized carbons (Fsp3) is 0.136. The Morgan fingerprint density at radius 2 is 1.33 bits per heavy atom. The molecule has 0 bridgehead atoms. The molecule has 27 heavy (non-hydrogen) atoms. The number of aliphatic hydroxyl groups excluding tert-OH is 2. The number of carbonyl (C=O) groups excluding carboxylic acids is 2. The van der Waals surface area contributed by atoms with E-state index in [0.29, 0.717) is 40.8 Å². The Kier molecular flexibility index (Phi) is 3.22. The van der Waals surface area contributed by atoms with Gasteiger partial charge < -0.3 is 10.2 Å². The van der Waals surface area contributed by atoms with E-state index in [1.165, 1.54) is 0 Å². The average Bonchev–Trinajstić information content (AvgIpc) is 3.32. The van der Waals surface area contributed by atoms with Crippen LogP contribution in [0, 0.1) is 0 Å². The van der Waals surface area contributed by atoms with Gasteiger partial charge in [0.05, 0.1) is 22.9 Å². The Morgan fingerprint density at radius 1 is 0.778 bits per heavy atom. The van der Waals surface area contributed by atoms with Gasteiger partial charge in [-0.25, -0.2) is 0 Å². The summed E-state index contributed by atoms with van der Waals surface area (Å²) in [6.45, 7) is 0. The lowest BCUT2D eigenvalue weighted by Crippen LogP contribution is -2.12. The molecular formula is C22H15NO4. The number of hydrogen-bond donors (Lipinski definition) is 2.